The van der Waals surface area contributed by atoms with Crippen LogP contribution in [0.25, 0.3) is 0 Å². The van der Waals surface area contributed by atoms with E-state index in [4.69, 9.17) is 5.26 Å². The average Bonchev–Trinajstić information content (AvgIpc) is 3.00. The highest BCUT2D eigenvalue weighted by Gasteiger charge is 2.20. The second-order valence-electron chi connectivity index (χ2n) is 6.26. The molecule has 0 amide bonds. The number of aromatic nitrogens is 1. The number of nitriles is 1. The Labute approximate surface area is 145 Å². The zero-order chi connectivity index (χ0) is 16.9. The summed E-state index contributed by atoms with van der Waals surface area (Å²) in [5.74, 6) is 0.206. The maximum Gasteiger partial charge on any atom is 0.124 e. The molecule has 1 saturated heterocycles. The monoisotopic (exact) mass is 344 g/mol. The van der Waals surface area contributed by atoms with Crippen molar-refractivity contribution in [2.45, 2.75) is 26.3 Å². The van der Waals surface area contributed by atoms with Gasteiger partial charge in [0.2, 0.25) is 0 Å². The molecule has 0 spiro atoms. The van der Waals surface area contributed by atoms with Crippen molar-refractivity contribution in [3.05, 3.63) is 45.7 Å². The molecule has 0 atom stereocenters. The van der Waals surface area contributed by atoms with E-state index in [2.05, 4.69) is 20.6 Å². The van der Waals surface area contributed by atoms with Gasteiger partial charge in [0.15, 0.2) is 0 Å². The van der Waals surface area contributed by atoms with Crippen LogP contribution in [0.5, 0.6) is 0 Å². The summed E-state index contributed by atoms with van der Waals surface area (Å²) in [5, 5.41) is 15.7. The molecule has 0 radical (unpaired) electrons. The van der Waals surface area contributed by atoms with Crippen LogP contribution >= 0.6 is 11.3 Å². The summed E-state index contributed by atoms with van der Waals surface area (Å²) in [6, 6.07) is 6.36. The van der Waals surface area contributed by atoms with E-state index in [0.29, 0.717) is 11.5 Å². The minimum Gasteiger partial charge on any atom is -0.384 e. The van der Waals surface area contributed by atoms with Gasteiger partial charge in [-0.1, -0.05) is 0 Å². The molecule has 3 rings (SSSR count). The fraction of sp³-hybridized carbons (Fsp3) is 0.444. The Kier molecular flexibility index (Phi) is 5.44. The number of aryl methyl sites for hydroxylation is 1. The Morgan fingerprint density at radius 2 is 2.21 bits per heavy atom. The van der Waals surface area contributed by atoms with Gasteiger partial charge < -0.3 is 5.32 Å². The number of likely N-dealkylation sites (tertiary alicyclic amines) is 1. The first-order chi connectivity index (χ1) is 11.6. The van der Waals surface area contributed by atoms with Crippen molar-refractivity contribution in [1.82, 2.24) is 9.88 Å². The van der Waals surface area contributed by atoms with E-state index >= 15 is 0 Å². The second kappa shape index (κ2) is 7.73. The minimum absolute atomic E-state index is 0.367. The van der Waals surface area contributed by atoms with Crippen LogP contribution in [0, 0.1) is 30.0 Å². The Balaban J connectivity index is 1.47. The molecule has 6 heteroatoms. The van der Waals surface area contributed by atoms with Gasteiger partial charge in [-0.05, 0) is 57.0 Å². The fourth-order valence-electron chi connectivity index (χ4n) is 3.08. The van der Waals surface area contributed by atoms with E-state index in [1.807, 2.05) is 13.0 Å². The van der Waals surface area contributed by atoms with Gasteiger partial charge in [-0.2, -0.15) is 5.26 Å². The quantitative estimate of drug-likeness (QED) is 0.897. The van der Waals surface area contributed by atoms with E-state index in [9.17, 15) is 4.39 Å². The van der Waals surface area contributed by atoms with Crippen LogP contribution in [-0.4, -0.2) is 29.5 Å². The predicted octanol–water partition coefficient (Wildman–Crippen LogP) is 3.79. The van der Waals surface area contributed by atoms with Gasteiger partial charge in [0.25, 0.3) is 0 Å². The van der Waals surface area contributed by atoms with Crippen molar-refractivity contribution in [3.63, 3.8) is 0 Å². The molecule has 4 nitrogen and oxygen atoms in total. The molecule has 2 aromatic rings. The molecule has 24 heavy (non-hydrogen) atoms. The predicted molar refractivity (Wildman–Crippen MR) is 94.5 cm³/mol. The van der Waals surface area contributed by atoms with Crippen LogP contribution in [0.2, 0.25) is 0 Å². The number of thiazole rings is 1. The van der Waals surface area contributed by atoms with Crippen molar-refractivity contribution >= 4 is 17.0 Å². The summed E-state index contributed by atoms with van der Waals surface area (Å²) in [4.78, 5) is 6.98. The first kappa shape index (κ1) is 16.9. The number of hydrogen-bond acceptors (Lipinski definition) is 5. The van der Waals surface area contributed by atoms with E-state index < -0.39 is 0 Å². The summed E-state index contributed by atoms with van der Waals surface area (Å²) in [5.41, 5.74) is 2.25. The van der Waals surface area contributed by atoms with E-state index in [1.54, 1.807) is 17.4 Å². The zero-order valence-corrected chi connectivity index (χ0v) is 14.6. The lowest BCUT2D eigenvalue weighted by Crippen LogP contribution is -2.35. The van der Waals surface area contributed by atoms with Crippen LogP contribution in [0.4, 0.5) is 10.1 Å². The molecule has 0 unspecified atom stereocenters. The molecule has 1 aliphatic rings. The lowest BCUT2D eigenvalue weighted by atomic mass is 9.96. The molecule has 2 heterocycles. The molecule has 1 aromatic carbocycles. The standard InChI is InChI=1S/C18H21FN4S/c1-13-22-17(12-24-13)11-23-6-4-14(5-7-23)10-21-18-3-2-16(19)8-15(18)9-20/h2-3,8,12,14,21H,4-7,10-11H2,1H3. The number of benzene rings is 1. The summed E-state index contributed by atoms with van der Waals surface area (Å²) >= 11 is 1.70. The van der Waals surface area contributed by atoms with E-state index in [1.165, 1.54) is 17.8 Å². The van der Waals surface area contributed by atoms with Gasteiger partial charge >= 0.3 is 0 Å². The van der Waals surface area contributed by atoms with Gasteiger partial charge in [0.1, 0.15) is 11.9 Å². The molecule has 126 valence electrons. The second-order valence-corrected chi connectivity index (χ2v) is 7.32. The highest BCUT2D eigenvalue weighted by Crippen LogP contribution is 2.22. The molecule has 0 aliphatic carbocycles. The molecule has 1 fully saturated rings. The van der Waals surface area contributed by atoms with Crippen LogP contribution in [0.15, 0.2) is 23.6 Å². The van der Waals surface area contributed by atoms with Crippen molar-refractivity contribution in [1.29, 1.82) is 5.26 Å². The maximum absolute atomic E-state index is 13.2. The Morgan fingerprint density at radius 3 is 2.88 bits per heavy atom. The highest BCUT2D eigenvalue weighted by molar-refractivity contribution is 7.09. The number of nitrogens with one attached hydrogen (secondary N) is 1. The molecule has 1 aromatic heterocycles. The third kappa shape index (κ3) is 4.31. The molecular weight excluding hydrogens is 323 g/mol. The van der Waals surface area contributed by atoms with Crippen molar-refractivity contribution in [2.75, 3.05) is 25.0 Å². The Bertz CT molecular complexity index is 729. The fourth-order valence-corrected chi connectivity index (χ4v) is 3.68. The zero-order valence-electron chi connectivity index (χ0n) is 13.8. The van der Waals surface area contributed by atoms with Gasteiger partial charge in [-0.3, -0.25) is 4.90 Å². The van der Waals surface area contributed by atoms with Gasteiger partial charge in [0, 0.05) is 18.5 Å². The van der Waals surface area contributed by atoms with E-state index in [0.717, 1.165) is 49.7 Å². The van der Waals surface area contributed by atoms with Gasteiger partial charge in [-0.25, -0.2) is 9.37 Å². The van der Waals surface area contributed by atoms with Crippen LogP contribution in [0.1, 0.15) is 29.1 Å². The number of piperidine rings is 1. The van der Waals surface area contributed by atoms with Crippen LogP contribution < -0.4 is 5.32 Å². The average molecular weight is 344 g/mol. The molecule has 0 bridgehead atoms. The van der Waals surface area contributed by atoms with Crippen molar-refractivity contribution < 1.29 is 4.39 Å². The van der Waals surface area contributed by atoms with Crippen LogP contribution in [-0.2, 0) is 6.54 Å². The van der Waals surface area contributed by atoms with E-state index in [-0.39, 0.29) is 5.82 Å². The van der Waals surface area contributed by atoms with Gasteiger partial charge in [-0.15, -0.1) is 11.3 Å². The third-order valence-corrected chi connectivity index (χ3v) is 5.26. The first-order valence-corrected chi connectivity index (χ1v) is 9.09. The Morgan fingerprint density at radius 1 is 1.42 bits per heavy atom. The third-order valence-electron chi connectivity index (χ3n) is 4.44. The summed E-state index contributed by atoms with van der Waals surface area (Å²) in [6.45, 7) is 5.93. The summed E-state index contributed by atoms with van der Waals surface area (Å²) < 4.78 is 13.2. The van der Waals surface area contributed by atoms with Crippen molar-refractivity contribution in [2.24, 2.45) is 5.92 Å². The summed E-state index contributed by atoms with van der Waals surface area (Å²) in [6.07, 6.45) is 2.25. The smallest absolute Gasteiger partial charge is 0.124 e. The number of halogens is 1. The molecule has 1 N–H and O–H groups in total. The lowest BCUT2D eigenvalue weighted by Gasteiger charge is -2.31. The maximum atomic E-state index is 13.2. The normalized spacial score (nSPS) is 16.0. The number of anilines is 1. The number of rotatable bonds is 5. The lowest BCUT2D eigenvalue weighted by molar-refractivity contribution is 0.181. The number of nitrogens with zero attached hydrogens (tertiary/aromatic N) is 3. The van der Waals surface area contributed by atoms with Gasteiger partial charge in [0.05, 0.1) is 22.0 Å². The van der Waals surface area contributed by atoms with Crippen molar-refractivity contribution in [3.8, 4) is 6.07 Å². The Hall–Kier alpha value is -1.97. The molecule has 1 aliphatic heterocycles. The molecular formula is C18H21FN4S. The number of hydrogen-bond donors (Lipinski definition) is 1. The first-order valence-electron chi connectivity index (χ1n) is 8.21. The minimum atomic E-state index is -0.373. The topological polar surface area (TPSA) is 52.0 Å². The highest BCUT2D eigenvalue weighted by atomic mass is 32.1. The molecule has 0 saturated carbocycles. The SMILES string of the molecule is Cc1nc(CN2CCC(CNc3ccc(F)cc3C#N)CC2)cs1. The largest absolute Gasteiger partial charge is 0.384 e. The summed E-state index contributed by atoms with van der Waals surface area (Å²) in [7, 11) is 0. The van der Waals surface area contributed by atoms with Crippen LogP contribution in [0.3, 0.4) is 0 Å².